The summed E-state index contributed by atoms with van der Waals surface area (Å²) in [6, 6.07) is 11.2. The Morgan fingerprint density at radius 3 is 2.49 bits per heavy atom. The van der Waals surface area contributed by atoms with Crippen LogP contribution in [0, 0.1) is 5.41 Å². The zero-order chi connectivity index (χ0) is 32.9. The van der Waals surface area contributed by atoms with Gasteiger partial charge in [0.25, 0.3) is 0 Å². The van der Waals surface area contributed by atoms with Crippen LogP contribution in [0.3, 0.4) is 0 Å². The number of aliphatic hydroxyl groups is 1. The Kier molecular flexibility index (Phi) is 10.1. The van der Waals surface area contributed by atoms with Crippen LogP contribution in [0.2, 0.25) is 0 Å². The molecule has 0 aliphatic carbocycles. The van der Waals surface area contributed by atoms with Gasteiger partial charge in [0, 0.05) is 6.92 Å². The molecule has 1 aromatic carbocycles. The molecule has 2 aromatic heterocycles. The maximum Gasteiger partial charge on any atom is 0.415 e. The van der Waals surface area contributed by atoms with Gasteiger partial charge in [-0.1, -0.05) is 51.1 Å². The van der Waals surface area contributed by atoms with Gasteiger partial charge in [-0.05, 0) is 30.0 Å². The van der Waals surface area contributed by atoms with Gasteiger partial charge in [-0.3, -0.25) is 19.7 Å². The van der Waals surface area contributed by atoms with Crippen LogP contribution in [0.25, 0.3) is 5.52 Å². The molecule has 0 radical (unpaired) electrons. The van der Waals surface area contributed by atoms with Gasteiger partial charge < -0.3 is 34.5 Å². The molecule has 15 heteroatoms. The minimum absolute atomic E-state index is 0.00603. The van der Waals surface area contributed by atoms with Crippen molar-refractivity contribution in [2.45, 2.75) is 71.0 Å². The zero-order valence-electron chi connectivity index (χ0n) is 25.6. The fourth-order valence-corrected chi connectivity index (χ4v) is 4.70. The average Bonchev–Trinajstić information content (AvgIpc) is 3.52. The van der Waals surface area contributed by atoms with Crippen LogP contribution in [0.4, 0.5) is 10.6 Å². The summed E-state index contributed by atoms with van der Waals surface area (Å²) in [5.41, 5.74) is 5.30. The topological polar surface area (TPSA) is 203 Å². The fraction of sp³-hybridized carbons (Fsp3) is 0.467. The van der Waals surface area contributed by atoms with E-state index >= 15 is 0 Å². The molecule has 1 aliphatic rings. The van der Waals surface area contributed by atoms with Gasteiger partial charge in [0.1, 0.15) is 42.3 Å². The van der Waals surface area contributed by atoms with Crippen molar-refractivity contribution < 1.29 is 48.0 Å². The molecule has 1 fully saturated rings. The van der Waals surface area contributed by atoms with Crippen molar-refractivity contribution in [1.29, 1.82) is 0 Å². The normalized spacial score (nSPS) is 22.0. The Labute approximate surface area is 258 Å². The predicted octanol–water partition coefficient (Wildman–Crippen LogP) is 1.84. The minimum atomic E-state index is -1.55. The summed E-state index contributed by atoms with van der Waals surface area (Å²) in [5.74, 6) is -1.88. The maximum absolute atomic E-state index is 13.1. The van der Waals surface area contributed by atoms with Gasteiger partial charge in [-0.2, -0.15) is 5.10 Å². The van der Waals surface area contributed by atoms with Gasteiger partial charge in [-0.15, -0.1) is 0 Å². The number of nitrogens with two attached hydrogens (primary N) is 1. The number of aromatic nitrogens is 3. The summed E-state index contributed by atoms with van der Waals surface area (Å²) >= 11 is 0. The lowest BCUT2D eigenvalue weighted by Gasteiger charge is -2.29. The smallest absolute Gasteiger partial charge is 0.415 e. The van der Waals surface area contributed by atoms with Gasteiger partial charge in [0.15, 0.2) is 11.9 Å². The molecule has 4 rings (SSSR count). The highest BCUT2D eigenvalue weighted by molar-refractivity contribution is 5.88. The van der Waals surface area contributed by atoms with Crippen molar-refractivity contribution in [3.63, 3.8) is 0 Å². The first-order valence-corrected chi connectivity index (χ1v) is 14.1. The molecule has 45 heavy (non-hydrogen) atoms. The van der Waals surface area contributed by atoms with Crippen LogP contribution in [0.5, 0.6) is 0 Å². The van der Waals surface area contributed by atoms with E-state index in [2.05, 4.69) is 20.1 Å². The van der Waals surface area contributed by atoms with E-state index in [1.54, 1.807) is 64.1 Å². The number of nitrogens with one attached hydrogen (secondary N) is 1. The van der Waals surface area contributed by atoms with Crippen molar-refractivity contribution in [1.82, 2.24) is 14.6 Å². The summed E-state index contributed by atoms with van der Waals surface area (Å²) in [6.45, 7) is 7.13. The molecule has 0 bridgehead atoms. The number of carbonyl (C=O) groups is 4. The summed E-state index contributed by atoms with van der Waals surface area (Å²) in [5, 5.41) is 18.3. The molecule has 1 saturated heterocycles. The summed E-state index contributed by atoms with van der Waals surface area (Å²) in [7, 11) is 0. The van der Waals surface area contributed by atoms with Crippen molar-refractivity contribution in [2.24, 2.45) is 11.1 Å². The monoisotopic (exact) mass is 627 g/mol. The Bertz CT molecular complexity index is 1540. The quantitative estimate of drug-likeness (QED) is 0.167. The van der Waals surface area contributed by atoms with Crippen molar-refractivity contribution in [3.8, 4) is 0 Å². The van der Waals surface area contributed by atoms with Crippen LogP contribution in [0.1, 0.15) is 45.9 Å². The number of rotatable bonds is 10. The van der Waals surface area contributed by atoms with Crippen LogP contribution in [-0.4, -0.2) is 81.5 Å². The molecule has 1 amide bonds. The van der Waals surface area contributed by atoms with E-state index in [4.69, 9.17) is 24.7 Å². The highest BCUT2D eigenvalue weighted by atomic mass is 16.7. The Balaban J connectivity index is 1.58. The third kappa shape index (κ3) is 7.74. The Morgan fingerprint density at radius 1 is 1.11 bits per heavy atom. The number of esters is 3. The molecule has 242 valence electrons. The molecule has 4 N–H and O–H groups in total. The molecule has 3 heterocycles. The van der Waals surface area contributed by atoms with E-state index < -0.39 is 66.2 Å². The first-order valence-electron chi connectivity index (χ1n) is 14.1. The number of aliphatic hydroxyl groups excluding tert-OH is 1. The second-order valence-electron chi connectivity index (χ2n) is 11.7. The predicted molar refractivity (Wildman–Crippen MR) is 156 cm³/mol. The van der Waals surface area contributed by atoms with Crippen LogP contribution < -0.4 is 11.1 Å². The number of fused-ring (bicyclic) bond motifs is 1. The number of hydrogen-bond donors (Lipinski definition) is 3. The lowest BCUT2D eigenvalue weighted by Crippen LogP contribution is -2.49. The van der Waals surface area contributed by atoms with Crippen LogP contribution >= 0.6 is 0 Å². The molecule has 0 unspecified atom stereocenters. The number of amides is 1. The molecule has 0 spiro atoms. The van der Waals surface area contributed by atoms with E-state index in [0.717, 1.165) is 11.9 Å². The largest absolute Gasteiger partial charge is 0.463 e. The Hall–Kier alpha value is -4.60. The van der Waals surface area contributed by atoms with Crippen molar-refractivity contribution in [2.75, 3.05) is 18.7 Å². The molecule has 15 nitrogen and oxygen atoms in total. The van der Waals surface area contributed by atoms with Gasteiger partial charge in [0.05, 0.1) is 12.1 Å². The molecule has 1 aliphatic heterocycles. The van der Waals surface area contributed by atoms with E-state index in [1.165, 1.54) is 11.4 Å². The third-order valence-corrected chi connectivity index (χ3v) is 7.31. The minimum Gasteiger partial charge on any atom is -0.463 e. The number of anilines is 1. The second kappa shape index (κ2) is 13.6. The standard InChI is InChI=1S/C30H37N5O10/c1-17(36)42-16-43-28(40)34-26-19-11-12-21(35(19)33-15-32-26)30(5)25(38)23(44-27(39)24(31)29(2,3)4)20(45-30)14-41-22(37)13-18-9-7-6-8-10-18/h6-12,15,20,23-25,38H,13-14,16,31H2,1-5H3,(H,32,33,34,40)/t20-,23-,24-,25-,30+/m1/s1. The lowest BCUT2D eigenvalue weighted by atomic mass is 9.87. The highest BCUT2D eigenvalue weighted by Gasteiger charge is 2.56. The van der Waals surface area contributed by atoms with Crippen LogP contribution in [0.15, 0.2) is 48.8 Å². The second-order valence-corrected chi connectivity index (χ2v) is 11.7. The van der Waals surface area contributed by atoms with Crippen molar-refractivity contribution >= 4 is 35.3 Å². The van der Waals surface area contributed by atoms with Gasteiger partial charge >= 0.3 is 24.0 Å². The molecular formula is C30H37N5O10. The summed E-state index contributed by atoms with van der Waals surface area (Å²) < 4.78 is 28.3. The first kappa shape index (κ1) is 33.3. The van der Waals surface area contributed by atoms with E-state index in [-0.39, 0.29) is 18.8 Å². The van der Waals surface area contributed by atoms with Gasteiger partial charge in [-0.25, -0.2) is 14.3 Å². The molecular weight excluding hydrogens is 590 g/mol. The number of ether oxygens (including phenoxy) is 5. The summed E-state index contributed by atoms with van der Waals surface area (Å²) in [6.07, 6.45) is -3.60. The van der Waals surface area contributed by atoms with E-state index in [1.807, 2.05) is 6.07 Å². The third-order valence-electron chi connectivity index (χ3n) is 7.31. The Morgan fingerprint density at radius 2 is 1.82 bits per heavy atom. The lowest BCUT2D eigenvalue weighted by molar-refractivity contribution is -0.163. The molecule has 3 aromatic rings. The SMILES string of the molecule is CC(=O)OCOC(=O)Nc1ncnn2c([C@]3(C)O[C@H](COC(=O)Cc4ccccc4)[C@@H](OC(=O)[C@@H](N)C(C)(C)C)[C@H]3O)ccc12. The summed E-state index contributed by atoms with van der Waals surface area (Å²) in [4.78, 5) is 52.9. The van der Waals surface area contributed by atoms with Crippen LogP contribution in [-0.2, 0) is 50.1 Å². The highest BCUT2D eigenvalue weighted by Crippen LogP contribution is 2.42. The van der Waals surface area contributed by atoms with E-state index in [9.17, 15) is 24.3 Å². The first-order chi connectivity index (χ1) is 21.2. The molecule has 5 atom stereocenters. The van der Waals surface area contributed by atoms with E-state index in [0.29, 0.717) is 11.2 Å². The van der Waals surface area contributed by atoms with Crippen molar-refractivity contribution in [3.05, 3.63) is 60.0 Å². The number of hydrogen-bond acceptors (Lipinski definition) is 13. The molecule has 0 saturated carbocycles. The fourth-order valence-electron chi connectivity index (χ4n) is 4.70. The zero-order valence-corrected chi connectivity index (χ0v) is 25.6. The number of nitrogens with zero attached hydrogens (tertiary/aromatic N) is 3. The van der Waals surface area contributed by atoms with Gasteiger partial charge in [0.2, 0.25) is 6.79 Å². The maximum atomic E-state index is 13.1. The number of carbonyl (C=O) groups excluding carboxylic acids is 4. The average molecular weight is 628 g/mol. The number of benzene rings is 1.